The molecule has 1 saturated carbocycles. The van der Waals surface area contributed by atoms with E-state index in [1.807, 2.05) is 18.2 Å². The van der Waals surface area contributed by atoms with Crippen LogP contribution in [0.15, 0.2) is 29.4 Å². The second kappa shape index (κ2) is 7.96. The van der Waals surface area contributed by atoms with E-state index in [1.54, 1.807) is 10.7 Å². The highest BCUT2D eigenvalue weighted by atomic mass is 35.5. The van der Waals surface area contributed by atoms with Crippen molar-refractivity contribution in [2.24, 2.45) is 5.92 Å². The number of aromatic nitrogens is 4. The van der Waals surface area contributed by atoms with Gasteiger partial charge in [0.05, 0.1) is 11.4 Å². The van der Waals surface area contributed by atoms with E-state index in [2.05, 4.69) is 20.4 Å². The molecule has 0 radical (unpaired) electrons. The molecule has 1 aromatic carbocycles. The predicted molar refractivity (Wildman–Crippen MR) is 102 cm³/mol. The lowest BCUT2D eigenvalue weighted by Crippen LogP contribution is -2.50. The van der Waals surface area contributed by atoms with E-state index in [0.717, 1.165) is 25.1 Å². The van der Waals surface area contributed by atoms with Crippen molar-refractivity contribution in [1.29, 1.82) is 0 Å². The SMILES string of the molecule is O=C(CSc1nnnn1-c1cccc(Cl)c1)N1CCC[C@@H]2CCCC[C@@H]21. The van der Waals surface area contributed by atoms with Crippen molar-refractivity contribution in [3.05, 3.63) is 29.3 Å². The summed E-state index contributed by atoms with van der Waals surface area (Å²) in [6.45, 7) is 0.889. The summed E-state index contributed by atoms with van der Waals surface area (Å²) in [6.07, 6.45) is 7.37. The van der Waals surface area contributed by atoms with Crippen LogP contribution >= 0.6 is 23.4 Å². The highest BCUT2D eigenvalue weighted by Crippen LogP contribution is 2.35. The minimum absolute atomic E-state index is 0.201. The van der Waals surface area contributed by atoms with Crippen LogP contribution in [0.4, 0.5) is 0 Å². The number of tetrazole rings is 1. The van der Waals surface area contributed by atoms with E-state index in [4.69, 9.17) is 11.6 Å². The second-order valence-corrected chi connectivity index (χ2v) is 8.36. The third-order valence-electron chi connectivity index (χ3n) is 5.38. The Labute approximate surface area is 162 Å². The number of piperidine rings is 1. The van der Waals surface area contributed by atoms with Gasteiger partial charge in [0.15, 0.2) is 0 Å². The normalized spacial score (nSPS) is 22.9. The Balaban J connectivity index is 1.43. The van der Waals surface area contributed by atoms with Crippen molar-refractivity contribution >= 4 is 29.3 Å². The molecule has 138 valence electrons. The van der Waals surface area contributed by atoms with Gasteiger partial charge in [0.25, 0.3) is 0 Å². The number of rotatable bonds is 4. The van der Waals surface area contributed by atoms with Gasteiger partial charge in [-0.15, -0.1) is 5.10 Å². The zero-order valence-electron chi connectivity index (χ0n) is 14.6. The van der Waals surface area contributed by atoms with Crippen LogP contribution in [0.3, 0.4) is 0 Å². The molecule has 2 aliphatic rings. The number of nitrogens with zero attached hydrogens (tertiary/aromatic N) is 5. The molecular formula is C18H22ClN5OS. The van der Waals surface area contributed by atoms with Gasteiger partial charge < -0.3 is 4.90 Å². The summed E-state index contributed by atoms with van der Waals surface area (Å²) in [5, 5.41) is 13.1. The van der Waals surface area contributed by atoms with Crippen LogP contribution in [0.1, 0.15) is 38.5 Å². The molecule has 2 atom stereocenters. The summed E-state index contributed by atoms with van der Waals surface area (Å²) in [7, 11) is 0. The Morgan fingerprint density at radius 1 is 1.23 bits per heavy atom. The largest absolute Gasteiger partial charge is 0.339 e. The van der Waals surface area contributed by atoms with Gasteiger partial charge >= 0.3 is 0 Å². The number of fused-ring (bicyclic) bond motifs is 1. The molecule has 8 heteroatoms. The highest BCUT2D eigenvalue weighted by Gasteiger charge is 2.35. The molecule has 1 saturated heterocycles. The van der Waals surface area contributed by atoms with Crippen molar-refractivity contribution in [3.8, 4) is 5.69 Å². The van der Waals surface area contributed by atoms with E-state index in [0.29, 0.717) is 27.9 Å². The fraction of sp³-hybridized carbons (Fsp3) is 0.556. The number of amides is 1. The van der Waals surface area contributed by atoms with E-state index >= 15 is 0 Å². The maximum atomic E-state index is 12.9. The van der Waals surface area contributed by atoms with Gasteiger partial charge in [0.1, 0.15) is 0 Å². The monoisotopic (exact) mass is 391 g/mol. The second-order valence-electron chi connectivity index (χ2n) is 6.98. The van der Waals surface area contributed by atoms with E-state index in [9.17, 15) is 4.79 Å². The summed E-state index contributed by atoms with van der Waals surface area (Å²) in [5.74, 6) is 1.26. The summed E-state index contributed by atoms with van der Waals surface area (Å²) in [5.41, 5.74) is 0.794. The Hall–Kier alpha value is -1.60. The van der Waals surface area contributed by atoms with Gasteiger partial charge in [-0.05, 0) is 60.2 Å². The number of likely N-dealkylation sites (tertiary alicyclic amines) is 1. The van der Waals surface area contributed by atoms with Crippen LogP contribution < -0.4 is 0 Å². The highest BCUT2D eigenvalue weighted by molar-refractivity contribution is 7.99. The predicted octanol–water partition coefficient (Wildman–Crippen LogP) is 3.59. The third-order valence-corrected chi connectivity index (χ3v) is 6.52. The maximum Gasteiger partial charge on any atom is 0.233 e. The third kappa shape index (κ3) is 3.74. The summed E-state index contributed by atoms with van der Waals surface area (Å²) in [6, 6.07) is 7.81. The topological polar surface area (TPSA) is 63.9 Å². The molecule has 2 heterocycles. The molecule has 1 aliphatic carbocycles. The van der Waals surface area contributed by atoms with Crippen molar-refractivity contribution in [2.75, 3.05) is 12.3 Å². The number of carbonyl (C=O) groups is 1. The molecular weight excluding hydrogens is 370 g/mol. The summed E-state index contributed by atoms with van der Waals surface area (Å²) < 4.78 is 1.63. The Morgan fingerprint density at radius 2 is 2.08 bits per heavy atom. The van der Waals surface area contributed by atoms with Gasteiger partial charge in [0.2, 0.25) is 11.1 Å². The minimum Gasteiger partial charge on any atom is -0.339 e. The maximum absolute atomic E-state index is 12.9. The molecule has 0 spiro atoms. The van der Waals surface area contributed by atoms with Crippen LogP contribution in [0, 0.1) is 5.92 Å². The number of benzene rings is 1. The van der Waals surface area contributed by atoms with E-state index in [-0.39, 0.29) is 5.91 Å². The quantitative estimate of drug-likeness (QED) is 0.745. The Morgan fingerprint density at radius 3 is 2.96 bits per heavy atom. The average Bonchev–Trinajstić information content (AvgIpc) is 3.14. The molecule has 1 aromatic heterocycles. The Kier molecular flexibility index (Phi) is 5.45. The van der Waals surface area contributed by atoms with Gasteiger partial charge in [-0.25, -0.2) is 0 Å². The zero-order chi connectivity index (χ0) is 17.9. The lowest BCUT2D eigenvalue weighted by atomic mass is 9.78. The van der Waals surface area contributed by atoms with Crippen molar-refractivity contribution in [3.63, 3.8) is 0 Å². The van der Waals surface area contributed by atoms with Crippen molar-refractivity contribution in [2.45, 2.75) is 49.7 Å². The van der Waals surface area contributed by atoms with Crippen LogP contribution in [0.5, 0.6) is 0 Å². The van der Waals surface area contributed by atoms with Gasteiger partial charge in [-0.1, -0.05) is 42.3 Å². The number of halogens is 1. The van der Waals surface area contributed by atoms with Gasteiger partial charge in [-0.2, -0.15) is 4.68 Å². The molecule has 0 bridgehead atoms. The number of thioether (sulfide) groups is 1. The van der Waals surface area contributed by atoms with E-state index < -0.39 is 0 Å². The molecule has 6 nitrogen and oxygen atoms in total. The van der Waals surface area contributed by atoms with Gasteiger partial charge in [0, 0.05) is 17.6 Å². The van der Waals surface area contributed by atoms with Crippen molar-refractivity contribution in [1.82, 2.24) is 25.1 Å². The molecule has 2 aromatic rings. The lowest BCUT2D eigenvalue weighted by Gasteiger charge is -2.44. The Bertz CT molecular complexity index is 780. The first-order chi connectivity index (χ1) is 12.7. The first kappa shape index (κ1) is 17.8. The minimum atomic E-state index is 0.201. The summed E-state index contributed by atoms with van der Waals surface area (Å²) in [4.78, 5) is 15.0. The molecule has 1 amide bonds. The fourth-order valence-corrected chi connectivity index (χ4v) is 5.14. The average molecular weight is 392 g/mol. The standard InChI is InChI=1S/C18H22ClN5OS/c19-14-7-3-8-15(11-14)24-18(20-21-22-24)26-12-17(25)23-10-4-6-13-5-1-2-9-16(13)23/h3,7-8,11,13,16H,1-2,4-6,9-10,12H2/t13-,16-/m0/s1. The fourth-order valence-electron chi connectivity index (χ4n) is 4.18. The smallest absolute Gasteiger partial charge is 0.233 e. The van der Waals surface area contributed by atoms with Gasteiger partial charge in [-0.3, -0.25) is 4.79 Å². The van der Waals surface area contributed by atoms with Crippen LogP contribution in [-0.2, 0) is 4.79 Å². The number of carbonyl (C=O) groups excluding carboxylic acids is 1. The van der Waals surface area contributed by atoms with Crippen LogP contribution in [-0.4, -0.2) is 49.4 Å². The van der Waals surface area contributed by atoms with Crippen molar-refractivity contribution < 1.29 is 4.79 Å². The molecule has 2 fully saturated rings. The molecule has 4 rings (SSSR count). The zero-order valence-corrected chi connectivity index (χ0v) is 16.1. The van der Waals surface area contributed by atoms with Crippen LogP contribution in [0.2, 0.25) is 5.02 Å². The van der Waals surface area contributed by atoms with E-state index in [1.165, 1.54) is 37.4 Å². The molecule has 1 aliphatic heterocycles. The first-order valence-electron chi connectivity index (χ1n) is 9.19. The molecule has 26 heavy (non-hydrogen) atoms. The lowest BCUT2D eigenvalue weighted by molar-refractivity contribution is -0.134. The number of hydrogen-bond donors (Lipinski definition) is 0. The van der Waals surface area contributed by atoms with Crippen LogP contribution in [0.25, 0.3) is 5.69 Å². The molecule has 0 N–H and O–H groups in total. The first-order valence-corrected chi connectivity index (χ1v) is 10.6. The molecule has 0 unspecified atom stereocenters. The number of hydrogen-bond acceptors (Lipinski definition) is 5. The summed E-state index contributed by atoms with van der Waals surface area (Å²) >= 11 is 7.45.